The SMILES string of the molecule is CCOC(=O)[C@H]1CCCN([C@H](C)C(N)=O)C1. The Morgan fingerprint density at radius 1 is 1.56 bits per heavy atom. The summed E-state index contributed by atoms with van der Waals surface area (Å²) in [5.41, 5.74) is 5.25. The average molecular weight is 228 g/mol. The molecular weight excluding hydrogens is 208 g/mol. The number of primary amides is 1. The number of rotatable bonds is 4. The molecule has 1 rings (SSSR count). The van der Waals surface area contributed by atoms with Crippen LogP contribution >= 0.6 is 0 Å². The van der Waals surface area contributed by atoms with E-state index in [2.05, 4.69) is 0 Å². The largest absolute Gasteiger partial charge is 0.466 e. The Hall–Kier alpha value is -1.10. The van der Waals surface area contributed by atoms with Gasteiger partial charge in [-0.15, -0.1) is 0 Å². The number of nitrogens with two attached hydrogens (primary N) is 1. The first-order chi connectivity index (χ1) is 7.56. The number of hydrogen-bond donors (Lipinski definition) is 1. The molecule has 1 saturated heterocycles. The number of ether oxygens (including phenoxy) is 1. The predicted octanol–water partition coefficient (Wildman–Crippen LogP) is 0.135. The maximum absolute atomic E-state index is 11.6. The van der Waals surface area contributed by atoms with Crippen LogP contribution in [0, 0.1) is 5.92 Å². The summed E-state index contributed by atoms with van der Waals surface area (Å²) in [4.78, 5) is 24.6. The van der Waals surface area contributed by atoms with Gasteiger partial charge in [0.2, 0.25) is 5.91 Å². The van der Waals surface area contributed by atoms with Crippen LogP contribution in [0.2, 0.25) is 0 Å². The number of carbonyl (C=O) groups is 2. The summed E-state index contributed by atoms with van der Waals surface area (Å²) in [5.74, 6) is -0.621. The standard InChI is InChI=1S/C11H20N2O3/c1-3-16-11(15)9-5-4-6-13(7-9)8(2)10(12)14/h8-9H,3-7H2,1-2H3,(H2,12,14)/t8-,9+/m1/s1. The molecule has 0 spiro atoms. The third-order valence-electron chi connectivity index (χ3n) is 3.03. The lowest BCUT2D eigenvalue weighted by Crippen LogP contribution is -2.49. The summed E-state index contributed by atoms with van der Waals surface area (Å²) >= 11 is 0. The Morgan fingerprint density at radius 3 is 2.81 bits per heavy atom. The first-order valence-electron chi connectivity index (χ1n) is 5.76. The number of nitrogens with zero attached hydrogens (tertiary/aromatic N) is 1. The van der Waals surface area contributed by atoms with E-state index in [1.165, 1.54) is 0 Å². The molecule has 2 atom stereocenters. The van der Waals surface area contributed by atoms with Gasteiger partial charge in [-0.2, -0.15) is 0 Å². The summed E-state index contributed by atoms with van der Waals surface area (Å²) in [6.07, 6.45) is 1.74. The van der Waals surface area contributed by atoms with E-state index in [9.17, 15) is 9.59 Å². The number of amides is 1. The molecule has 92 valence electrons. The Balaban J connectivity index is 2.53. The molecule has 0 aromatic rings. The molecule has 2 N–H and O–H groups in total. The van der Waals surface area contributed by atoms with Gasteiger partial charge in [0.1, 0.15) is 0 Å². The lowest BCUT2D eigenvalue weighted by molar-refractivity contribution is -0.150. The summed E-state index contributed by atoms with van der Waals surface area (Å²) in [6, 6.07) is -0.308. The summed E-state index contributed by atoms with van der Waals surface area (Å²) in [6.45, 7) is 5.37. The number of carbonyl (C=O) groups excluding carboxylic acids is 2. The van der Waals surface area contributed by atoms with Crippen molar-refractivity contribution in [2.75, 3.05) is 19.7 Å². The molecule has 0 bridgehead atoms. The molecule has 5 heteroatoms. The summed E-state index contributed by atoms with van der Waals surface area (Å²) in [5, 5.41) is 0. The normalized spacial score (nSPS) is 23.8. The number of piperidine rings is 1. The monoisotopic (exact) mass is 228 g/mol. The van der Waals surface area contributed by atoms with Crippen molar-refractivity contribution in [2.45, 2.75) is 32.7 Å². The van der Waals surface area contributed by atoms with Crippen molar-refractivity contribution in [3.63, 3.8) is 0 Å². The second-order valence-electron chi connectivity index (χ2n) is 4.16. The van der Waals surface area contributed by atoms with E-state index in [0.29, 0.717) is 13.2 Å². The second kappa shape index (κ2) is 5.84. The van der Waals surface area contributed by atoms with Gasteiger partial charge in [0.15, 0.2) is 0 Å². The van der Waals surface area contributed by atoms with Crippen molar-refractivity contribution < 1.29 is 14.3 Å². The highest BCUT2D eigenvalue weighted by Gasteiger charge is 2.30. The van der Waals surface area contributed by atoms with E-state index in [1.807, 2.05) is 4.90 Å². The fourth-order valence-electron chi connectivity index (χ4n) is 1.99. The van der Waals surface area contributed by atoms with E-state index in [0.717, 1.165) is 19.4 Å². The van der Waals surface area contributed by atoms with Crippen molar-refractivity contribution in [2.24, 2.45) is 11.7 Å². The van der Waals surface area contributed by atoms with Gasteiger partial charge in [-0.25, -0.2) is 0 Å². The smallest absolute Gasteiger partial charge is 0.310 e. The Morgan fingerprint density at radius 2 is 2.25 bits per heavy atom. The van der Waals surface area contributed by atoms with Crippen molar-refractivity contribution in [1.82, 2.24) is 4.90 Å². The lowest BCUT2D eigenvalue weighted by Gasteiger charge is -2.34. The van der Waals surface area contributed by atoms with Gasteiger partial charge < -0.3 is 10.5 Å². The molecule has 5 nitrogen and oxygen atoms in total. The van der Waals surface area contributed by atoms with Crippen LogP contribution in [0.1, 0.15) is 26.7 Å². The summed E-state index contributed by atoms with van der Waals surface area (Å²) < 4.78 is 4.99. The van der Waals surface area contributed by atoms with Crippen LogP contribution in [0.4, 0.5) is 0 Å². The first-order valence-corrected chi connectivity index (χ1v) is 5.76. The van der Waals surface area contributed by atoms with E-state index < -0.39 is 0 Å². The molecule has 1 fully saturated rings. The fraction of sp³-hybridized carbons (Fsp3) is 0.818. The molecule has 0 radical (unpaired) electrons. The van der Waals surface area contributed by atoms with Crippen LogP contribution in [0.15, 0.2) is 0 Å². The number of hydrogen-bond acceptors (Lipinski definition) is 4. The van der Waals surface area contributed by atoms with Gasteiger partial charge in [-0.1, -0.05) is 0 Å². The van der Waals surface area contributed by atoms with Crippen LogP contribution < -0.4 is 5.73 Å². The minimum absolute atomic E-state index is 0.115. The van der Waals surface area contributed by atoms with Crippen LogP contribution in [0.3, 0.4) is 0 Å². The van der Waals surface area contributed by atoms with E-state index in [-0.39, 0.29) is 23.8 Å². The highest BCUT2D eigenvalue weighted by molar-refractivity contribution is 5.79. The van der Waals surface area contributed by atoms with Gasteiger partial charge in [0.25, 0.3) is 0 Å². The zero-order chi connectivity index (χ0) is 12.1. The highest BCUT2D eigenvalue weighted by Crippen LogP contribution is 2.19. The average Bonchev–Trinajstić information content (AvgIpc) is 2.28. The van der Waals surface area contributed by atoms with Crippen LogP contribution in [0.5, 0.6) is 0 Å². The molecule has 1 heterocycles. The van der Waals surface area contributed by atoms with Gasteiger partial charge in [0.05, 0.1) is 18.6 Å². The van der Waals surface area contributed by atoms with Crippen molar-refractivity contribution in [1.29, 1.82) is 0 Å². The molecule has 0 aromatic heterocycles. The van der Waals surface area contributed by atoms with Crippen LogP contribution in [-0.4, -0.2) is 42.5 Å². The van der Waals surface area contributed by atoms with Crippen LogP contribution in [-0.2, 0) is 14.3 Å². The second-order valence-corrected chi connectivity index (χ2v) is 4.16. The van der Waals surface area contributed by atoms with Crippen molar-refractivity contribution in [3.05, 3.63) is 0 Å². The maximum atomic E-state index is 11.6. The minimum Gasteiger partial charge on any atom is -0.466 e. The highest BCUT2D eigenvalue weighted by atomic mass is 16.5. The van der Waals surface area contributed by atoms with Gasteiger partial charge >= 0.3 is 5.97 Å². The molecular formula is C11H20N2O3. The Kier molecular flexibility index (Phi) is 4.73. The van der Waals surface area contributed by atoms with Crippen molar-refractivity contribution >= 4 is 11.9 Å². The van der Waals surface area contributed by atoms with Gasteiger partial charge in [-0.05, 0) is 33.2 Å². The van der Waals surface area contributed by atoms with Crippen molar-refractivity contribution in [3.8, 4) is 0 Å². The lowest BCUT2D eigenvalue weighted by atomic mass is 9.97. The third-order valence-corrected chi connectivity index (χ3v) is 3.03. The molecule has 0 aliphatic carbocycles. The fourth-order valence-corrected chi connectivity index (χ4v) is 1.99. The number of esters is 1. The molecule has 0 saturated carbocycles. The zero-order valence-corrected chi connectivity index (χ0v) is 9.94. The maximum Gasteiger partial charge on any atom is 0.310 e. The number of likely N-dealkylation sites (tertiary alicyclic amines) is 1. The summed E-state index contributed by atoms with van der Waals surface area (Å²) in [7, 11) is 0. The minimum atomic E-state index is -0.343. The molecule has 1 aliphatic heterocycles. The van der Waals surface area contributed by atoms with Gasteiger partial charge in [-0.3, -0.25) is 14.5 Å². The van der Waals surface area contributed by atoms with E-state index >= 15 is 0 Å². The zero-order valence-electron chi connectivity index (χ0n) is 9.94. The predicted molar refractivity (Wildman–Crippen MR) is 59.6 cm³/mol. The van der Waals surface area contributed by atoms with Crippen LogP contribution in [0.25, 0.3) is 0 Å². The first kappa shape index (κ1) is 13.0. The molecule has 1 aliphatic rings. The topological polar surface area (TPSA) is 72.6 Å². The van der Waals surface area contributed by atoms with Gasteiger partial charge in [0, 0.05) is 6.54 Å². The molecule has 0 unspecified atom stereocenters. The molecule has 0 aromatic carbocycles. The van der Waals surface area contributed by atoms with E-state index in [4.69, 9.17) is 10.5 Å². The molecule has 1 amide bonds. The van der Waals surface area contributed by atoms with E-state index in [1.54, 1.807) is 13.8 Å². The quantitative estimate of drug-likeness (QED) is 0.694. The molecule has 16 heavy (non-hydrogen) atoms. The Bertz CT molecular complexity index is 268. The third kappa shape index (κ3) is 3.20. The Labute approximate surface area is 95.9 Å².